The van der Waals surface area contributed by atoms with E-state index in [1.54, 1.807) is 19.1 Å². The summed E-state index contributed by atoms with van der Waals surface area (Å²) in [5, 5.41) is 11.8. The lowest BCUT2D eigenvalue weighted by Crippen LogP contribution is -2.40. The van der Waals surface area contributed by atoms with Crippen LogP contribution < -0.4 is 5.32 Å². The Kier molecular flexibility index (Phi) is 4.04. The van der Waals surface area contributed by atoms with E-state index in [2.05, 4.69) is 5.32 Å². The van der Waals surface area contributed by atoms with E-state index in [0.717, 1.165) is 10.5 Å². The fraction of sp³-hybridized carbons (Fsp3) is 0.211. The number of carboxylic acids is 1. The monoisotopic (exact) mass is 338 g/mol. The molecule has 0 aliphatic carbocycles. The molecule has 128 valence electrons. The Morgan fingerprint density at radius 3 is 2.48 bits per heavy atom. The fourth-order valence-corrected chi connectivity index (χ4v) is 2.91. The number of carbonyl (C=O) groups excluding carboxylic acids is 2. The van der Waals surface area contributed by atoms with Crippen molar-refractivity contribution in [2.24, 2.45) is 0 Å². The number of hydrogen-bond donors (Lipinski definition) is 2. The number of carboxylic acid groups (broad SMARTS) is 1. The molecule has 0 spiro atoms. The maximum absolute atomic E-state index is 12.9. The number of benzene rings is 2. The first-order valence-corrected chi connectivity index (χ1v) is 7.85. The third kappa shape index (κ3) is 2.98. The van der Waals surface area contributed by atoms with Gasteiger partial charge in [0.15, 0.2) is 0 Å². The van der Waals surface area contributed by atoms with Crippen LogP contribution in [0.15, 0.2) is 48.5 Å². The highest BCUT2D eigenvalue weighted by Gasteiger charge is 2.48. The van der Waals surface area contributed by atoms with Crippen molar-refractivity contribution in [1.29, 1.82) is 0 Å². The predicted molar refractivity (Wildman–Crippen MR) is 91.0 cm³/mol. The summed E-state index contributed by atoms with van der Waals surface area (Å²) < 4.78 is 0. The van der Waals surface area contributed by atoms with Gasteiger partial charge in [-0.3, -0.25) is 9.69 Å². The number of rotatable bonds is 4. The minimum atomic E-state index is -1.13. The van der Waals surface area contributed by atoms with E-state index in [1.807, 2.05) is 31.2 Å². The quantitative estimate of drug-likeness (QED) is 0.839. The van der Waals surface area contributed by atoms with E-state index >= 15 is 0 Å². The molecule has 2 aromatic carbocycles. The fourth-order valence-electron chi connectivity index (χ4n) is 2.91. The lowest BCUT2D eigenvalue weighted by atomic mass is 9.91. The molecular formula is C19H18N2O4. The summed E-state index contributed by atoms with van der Waals surface area (Å²) in [4.78, 5) is 37.4. The third-order valence-corrected chi connectivity index (χ3v) is 4.42. The molecule has 3 amide bonds. The van der Waals surface area contributed by atoms with Gasteiger partial charge in [-0.25, -0.2) is 9.59 Å². The third-order valence-electron chi connectivity index (χ3n) is 4.42. The highest BCUT2D eigenvalue weighted by molar-refractivity contribution is 6.07. The number of amides is 3. The van der Waals surface area contributed by atoms with Crippen molar-refractivity contribution < 1.29 is 19.5 Å². The van der Waals surface area contributed by atoms with Gasteiger partial charge in [0, 0.05) is 0 Å². The molecule has 2 N–H and O–H groups in total. The number of aromatic carboxylic acids is 1. The van der Waals surface area contributed by atoms with E-state index in [-0.39, 0.29) is 18.0 Å². The van der Waals surface area contributed by atoms with Gasteiger partial charge in [0.25, 0.3) is 5.91 Å². The Hall–Kier alpha value is -3.15. The molecule has 0 aromatic heterocycles. The second-order valence-corrected chi connectivity index (χ2v) is 6.32. The van der Waals surface area contributed by atoms with Gasteiger partial charge >= 0.3 is 12.0 Å². The van der Waals surface area contributed by atoms with Gasteiger partial charge in [-0.15, -0.1) is 0 Å². The van der Waals surface area contributed by atoms with Crippen LogP contribution in [-0.2, 0) is 16.9 Å². The summed E-state index contributed by atoms with van der Waals surface area (Å²) in [5.41, 5.74) is 1.34. The lowest BCUT2D eigenvalue weighted by molar-refractivity contribution is -0.131. The molecular weight excluding hydrogens is 320 g/mol. The predicted octanol–water partition coefficient (Wildman–Crippen LogP) is 2.66. The van der Waals surface area contributed by atoms with Crippen molar-refractivity contribution in [2.45, 2.75) is 25.9 Å². The summed E-state index contributed by atoms with van der Waals surface area (Å²) in [6, 6.07) is 13.1. The van der Waals surface area contributed by atoms with Crippen molar-refractivity contribution in [3.05, 3.63) is 70.8 Å². The SMILES string of the molecule is Cc1ccc(C2(C)NC(=O)N(Cc3cccc(C(=O)O)c3)C2=O)cc1. The Labute approximate surface area is 145 Å². The van der Waals surface area contributed by atoms with E-state index in [9.17, 15) is 14.4 Å². The summed E-state index contributed by atoms with van der Waals surface area (Å²) in [6.45, 7) is 3.64. The normalized spacial score (nSPS) is 19.8. The van der Waals surface area contributed by atoms with Gasteiger partial charge < -0.3 is 10.4 Å². The van der Waals surface area contributed by atoms with Gasteiger partial charge in [-0.05, 0) is 37.1 Å². The minimum absolute atomic E-state index is 0.0211. The molecule has 1 aliphatic rings. The van der Waals surface area contributed by atoms with Crippen molar-refractivity contribution in [2.75, 3.05) is 0 Å². The van der Waals surface area contributed by atoms with Crippen molar-refractivity contribution in [3.8, 4) is 0 Å². The summed E-state index contributed by atoms with van der Waals surface area (Å²) in [5.74, 6) is -1.41. The average Bonchev–Trinajstić information content (AvgIpc) is 2.80. The first-order chi connectivity index (χ1) is 11.8. The molecule has 0 bridgehead atoms. The Bertz CT molecular complexity index is 860. The van der Waals surface area contributed by atoms with E-state index in [1.165, 1.54) is 12.1 Å². The van der Waals surface area contributed by atoms with Crippen LogP contribution in [0, 0.1) is 6.92 Å². The second kappa shape index (κ2) is 6.05. The van der Waals surface area contributed by atoms with E-state index < -0.39 is 17.5 Å². The molecule has 1 aliphatic heterocycles. The van der Waals surface area contributed by atoms with Crippen molar-refractivity contribution >= 4 is 17.9 Å². The molecule has 1 atom stereocenters. The number of carbonyl (C=O) groups is 3. The molecule has 6 heteroatoms. The molecule has 1 heterocycles. The second-order valence-electron chi connectivity index (χ2n) is 6.32. The first kappa shape index (κ1) is 16.7. The van der Waals surface area contributed by atoms with Crippen LogP contribution in [0.1, 0.15) is 34.0 Å². The van der Waals surface area contributed by atoms with Crippen molar-refractivity contribution in [3.63, 3.8) is 0 Å². The van der Waals surface area contributed by atoms with Crippen LogP contribution in [0.5, 0.6) is 0 Å². The molecule has 3 rings (SSSR count). The number of nitrogens with one attached hydrogen (secondary N) is 1. The van der Waals surface area contributed by atoms with Gasteiger partial charge in [-0.1, -0.05) is 42.0 Å². The minimum Gasteiger partial charge on any atom is -0.478 e. The molecule has 25 heavy (non-hydrogen) atoms. The average molecular weight is 338 g/mol. The zero-order valence-electron chi connectivity index (χ0n) is 13.9. The highest BCUT2D eigenvalue weighted by Crippen LogP contribution is 2.30. The zero-order valence-corrected chi connectivity index (χ0v) is 13.9. The van der Waals surface area contributed by atoms with E-state index in [4.69, 9.17) is 5.11 Å². The van der Waals surface area contributed by atoms with Crippen LogP contribution in [-0.4, -0.2) is 27.9 Å². The van der Waals surface area contributed by atoms with Crippen LogP contribution in [0.3, 0.4) is 0 Å². The molecule has 6 nitrogen and oxygen atoms in total. The lowest BCUT2D eigenvalue weighted by Gasteiger charge is -2.22. The molecule has 2 aromatic rings. The number of imide groups is 1. The largest absolute Gasteiger partial charge is 0.478 e. The van der Waals surface area contributed by atoms with Crippen molar-refractivity contribution in [1.82, 2.24) is 10.2 Å². The van der Waals surface area contributed by atoms with Gasteiger partial charge in [0.1, 0.15) is 5.54 Å². The molecule has 1 fully saturated rings. The van der Waals surface area contributed by atoms with Crippen LogP contribution >= 0.6 is 0 Å². The number of nitrogens with zero attached hydrogens (tertiary/aromatic N) is 1. The highest BCUT2D eigenvalue weighted by atomic mass is 16.4. The summed E-state index contributed by atoms with van der Waals surface area (Å²) in [7, 11) is 0. The van der Waals surface area contributed by atoms with E-state index in [0.29, 0.717) is 11.1 Å². The van der Waals surface area contributed by atoms with Gasteiger partial charge in [-0.2, -0.15) is 0 Å². The van der Waals surface area contributed by atoms with Crippen LogP contribution in [0.2, 0.25) is 0 Å². The van der Waals surface area contributed by atoms with Crippen LogP contribution in [0.25, 0.3) is 0 Å². The van der Waals surface area contributed by atoms with Gasteiger partial charge in [0.05, 0.1) is 12.1 Å². The maximum atomic E-state index is 12.9. The van der Waals surface area contributed by atoms with Gasteiger partial charge in [0.2, 0.25) is 0 Å². The Balaban J connectivity index is 1.88. The molecule has 1 saturated heterocycles. The number of aryl methyl sites for hydroxylation is 1. The smallest absolute Gasteiger partial charge is 0.335 e. The standard InChI is InChI=1S/C19H18N2O4/c1-12-6-8-15(9-7-12)19(2)17(24)21(18(25)20-19)11-13-4-3-5-14(10-13)16(22)23/h3-10H,11H2,1-2H3,(H,20,25)(H,22,23). The molecule has 0 saturated carbocycles. The number of hydrogen-bond acceptors (Lipinski definition) is 3. The topological polar surface area (TPSA) is 86.7 Å². The summed E-state index contributed by atoms with van der Waals surface area (Å²) >= 11 is 0. The molecule has 0 radical (unpaired) electrons. The Morgan fingerprint density at radius 2 is 1.84 bits per heavy atom. The first-order valence-electron chi connectivity index (χ1n) is 7.85. The maximum Gasteiger partial charge on any atom is 0.335 e. The summed E-state index contributed by atoms with van der Waals surface area (Å²) in [6.07, 6.45) is 0. The zero-order chi connectivity index (χ0) is 18.2. The molecule has 1 unspecified atom stereocenters. The Morgan fingerprint density at radius 1 is 1.16 bits per heavy atom. The number of urea groups is 1. The van der Waals surface area contributed by atoms with Crippen LogP contribution in [0.4, 0.5) is 4.79 Å².